The second-order valence-corrected chi connectivity index (χ2v) is 6.01. The van der Waals surface area contributed by atoms with E-state index in [4.69, 9.17) is 16.0 Å². The van der Waals surface area contributed by atoms with E-state index in [0.29, 0.717) is 16.0 Å². The van der Waals surface area contributed by atoms with Gasteiger partial charge in [-0.05, 0) is 43.3 Å². The summed E-state index contributed by atoms with van der Waals surface area (Å²) in [6, 6.07) is 11.5. The van der Waals surface area contributed by atoms with Crippen molar-refractivity contribution >= 4 is 39.9 Å². The highest BCUT2D eigenvalue weighted by Crippen LogP contribution is 2.19. The van der Waals surface area contributed by atoms with Crippen molar-refractivity contribution in [2.45, 2.75) is 6.92 Å². The number of nitrogens with one attached hydrogen (secondary N) is 1. The third-order valence-corrected chi connectivity index (χ3v) is 3.98. The molecule has 0 aliphatic heterocycles. The van der Waals surface area contributed by atoms with Crippen LogP contribution in [0.1, 0.15) is 22.8 Å². The maximum absolute atomic E-state index is 12.1. The number of carbonyl (C=O) groups is 1. The lowest BCUT2D eigenvalue weighted by Gasteiger charge is -2.04. The van der Waals surface area contributed by atoms with Gasteiger partial charge in [0.25, 0.3) is 11.6 Å². The minimum atomic E-state index is -0.601. The summed E-state index contributed by atoms with van der Waals surface area (Å²) in [5, 5.41) is 15.7. The maximum Gasteiger partial charge on any atom is 0.345 e. The van der Waals surface area contributed by atoms with E-state index in [0.717, 1.165) is 0 Å². The molecule has 2 aromatic carbocycles. The standard InChI is InChI=1S/C18H12ClN3O5/c1-10(15-9-12-8-13(19)4-7-16(12)27-18(15)24)20-21-17(23)11-2-5-14(6-3-11)22(25)26/h2-9H,1H3,(H,21,23). The zero-order chi connectivity index (χ0) is 19.6. The minimum absolute atomic E-state index is 0.126. The molecule has 0 atom stereocenters. The third kappa shape index (κ3) is 4.01. The largest absolute Gasteiger partial charge is 0.422 e. The van der Waals surface area contributed by atoms with Crippen LogP contribution >= 0.6 is 11.6 Å². The number of hydrogen-bond acceptors (Lipinski definition) is 6. The third-order valence-electron chi connectivity index (χ3n) is 3.75. The lowest BCUT2D eigenvalue weighted by atomic mass is 10.1. The molecule has 1 amide bonds. The Morgan fingerprint density at radius 1 is 1.19 bits per heavy atom. The number of nitrogens with zero attached hydrogens (tertiary/aromatic N) is 2. The first-order chi connectivity index (χ1) is 12.8. The predicted octanol–water partition coefficient (Wildman–Crippen LogP) is 3.51. The highest BCUT2D eigenvalue weighted by Gasteiger charge is 2.11. The molecule has 27 heavy (non-hydrogen) atoms. The summed E-state index contributed by atoms with van der Waals surface area (Å²) in [7, 11) is 0. The number of carbonyl (C=O) groups excluding carboxylic acids is 1. The highest BCUT2D eigenvalue weighted by atomic mass is 35.5. The van der Waals surface area contributed by atoms with Gasteiger partial charge < -0.3 is 4.42 Å². The number of non-ortho nitro benzene ring substituents is 1. The molecule has 3 aromatic rings. The number of benzene rings is 2. The monoisotopic (exact) mass is 385 g/mol. The topological polar surface area (TPSA) is 115 Å². The van der Waals surface area contributed by atoms with Gasteiger partial charge in [-0.15, -0.1) is 0 Å². The second kappa shape index (κ2) is 7.38. The van der Waals surface area contributed by atoms with Crippen LogP contribution in [0.2, 0.25) is 5.02 Å². The van der Waals surface area contributed by atoms with Crippen molar-refractivity contribution < 1.29 is 14.1 Å². The average Bonchev–Trinajstić information content (AvgIpc) is 2.65. The molecule has 0 aliphatic carbocycles. The molecule has 8 nitrogen and oxygen atoms in total. The van der Waals surface area contributed by atoms with Gasteiger partial charge in [-0.2, -0.15) is 5.10 Å². The summed E-state index contributed by atoms with van der Waals surface area (Å²) < 4.78 is 5.22. The van der Waals surface area contributed by atoms with Gasteiger partial charge in [0.2, 0.25) is 0 Å². The zero-order valence-electron chi connectivity index (χ0n) is 13.9. The van der Waals surface area contributed by atoms with Gasteiger partial charge in [0.15, 0.2) is 0 Å². The Hall–Kier alpha value is -3.52. The summed E-state index contributed by atoms with van der Waals surface area (Å²) in [6.07, 6.45) is 0. The molecule has 1 N–H and O–H groups in total. The number of hydrogen-bond donors (Lipinski definition) is 1. The molecule has 0 unspecified atom stereocenters. The Labute approximate surface area is 157 Å². The van der Waals surface area contributed by atoms with Crippen molar-refractivity contribution in [3.63, 3.8) is 0 Å². The van der Waals surface area contributed by atoms with E-state index in [9.17, 15) is 19.7 Å². The SMILES string of the molecule is CC(=NNC(=O)c1ccc([N+](=O)[O-])cc1)c1cc2cc(Cl)ccc2oc1=O. The first kappa shape index (κ1) is 18.3. The van der Waals surface area contributed by atoms with Crippen LogP contribution in [0, 0.1) is 10.1 Å². The van der Waals surface area contributed by atoms with Crippen LogP contribution < -0.4 is 11.1 Å². The molecular formula is C18H12ClN3O5. The van der Waals surface area contributed by atoms with Gasteiger partial charge in [-0.1, -0.05) is 11.6 Å². The number of hydrazone groups is 1. The van der Waals surface area contributed by atoms with Crippen molar-refractivity contribution in [3.8, 4) is 0 Å². The molecule has 136 valence electrons. The molecule has 1 heterocycles. The van der Waals surface area contributed by atoms with Crippen molar-refractivity contribution in [2.24, 2.45) is 5.10 Å². The zero-order valence-corrected chi connectivity index (χ0v) is 14.7. The predicted molar refractivity (Wildman–Crippen MR) is 100 cm³/mol. The Morgan fingerprint density at radius 3 is 2.56 bits per heavy atom. The summed E-state index contributed by atoms with van der Waals surface area (Å²) in [5.74, 6) is -0.572. The van der Waals surface area contributed by atoms with Crippen molar-refractivity contribution in [1.29, 1.82) is 0 Å². The number of nitro benzene ring substituents is 1. The Balaban J connectivity index is 1.83. The normalized spacial score (nSPS) is 11.4. The minimum Gasteiger partial charge on any atom is -0.422 e. The molecule has 0 bridgehead atoms. The molecule has 0 saturated heterocycles. The summed E-state index contributed by atoms with van der Waals surface area (Å²) in [4.78, 5) is 34.3. The number of nitro groups is 1. The molecular weight excluding hydrogens is 374 g/mol. The van der Waals surface area contributed by atoms with E-state index in [1.54, 1.807) is 31.2 Å². The highest BCUT2D eigenvalue weighted by molar-refractivity contribution is 6.31. The average molecular weight is 386 g/mol. The number of rotatable bonds is 4. The maximum atomic E-state index is 12.1. The van der Waals surface area contributed by atoms with Gasteiger partial charge in [0.05, 0.1) is 16.2 Å². The van der Waals surface area contributed by atoms with E-state index in [-0.39, 0.29) is 22.5 Å². The first-order valence-electron chi connectivity index (χ1n) is 7.68. The van der Waals surface area contributed by atoms with Crippen molar-refractivity contribution in [3.05, 3.63) is 85.2 Å². The van der Waals surface area contributed by atoms with E-state index in [2.05, 4.69) is 10.5 Å². The molecule has 3 rings (SSSR count). The van der Waals surface area contributed by atoms with Crippen LogP contribution in [0.5, 0.6) is 0 Å². The molecule has 0 fully saturated rings. The number of halogens is 1. The van der Waals surface area contributed by atoms with Crippen LogP contribution in [-0.2, 0) is 0 Å². The fourth-order valence-electron chi connectivity index (χ4n) is 2.34. The first-order valence-corrected chi connectivity index (χ1v) is 8.06. The fourth-order valence-corrected chi connectivity index (χ4v) is 2.52. The quantitative estimate of drug-likeness (QED) is 0.319. The smallest absolute Gasteiger partial charge is 0.345 e. The fraction of sp³-hybridized carbons (Fsp3) is 0.0556. The second-order valence-electron chi connectivity index (χ2n) is 5.57. The van der Waals surface area contributed by atoms with Gasteiger partial charge >= 0.3 is 5.63 Å². The Morgan fingerprint density at radius 2 is 1.89 bits per heavy atom. The van der Waals surface area contributed by atoms with Crippen LogP contribution in [0.15, 0.2) is 62.8 Å². The van der Waals surface area contributed by atoms with Crippen LogP contribution in [0.4, 0.5) is 5.69 Å². The van der Waals surface area contributed by atoms with Gasteiger partial charge in [0.1, 0.15) is 5.58 Å². The van der Waals surface area contributed by atoms with Gasteiger partial charge in [0, 0.05) is 28.1 Å². The van der Waals surface area contributed by atoms with Crippen molar-refractivity contribution in [2.75, 3.05) is 0 Å². The van der Waals surface area contributed by atoms with Crippen LogP contribution in [0.3, 0.4) is 0 Å². The van der Waals surface area contributed by atoms with E-state index in [1.165, 1.54) is 24.3 Å². The summed E-state index contributed by atoms with van der Waals surface area (Å²) in [5.41, 5.74) is 2.56. The molecule has 0 saturated carbocycles. The molecule has 1 aromatic heterocycles. The summed E-state index contributed by atoms with van der Waals surface area (Å²) >= 11 is 5.94. The number of amides is 1. The lowest BCUT2D eigenvalue weighted by Crippen LogP contribution is -2.21. The molecule has 0 radical (unpaired) electrons. The molecule has 9 heteroatoms. The molecule has 0 spiro atoms. The Bertz CT molecular complexity index is 1140. The van der Waals surface area contributed by atoms with Gasteiger partial charge in [-0.3, -0.25) is 14.9 Å². The number of fused-ring (bicyclic) bond motifs is 1. The Kier molecular flexibility index (Phi) is 5.00. The van der Waals surface area contributed by atoms with E-state index in [1.807, 2.05) is 0 Å². The van der Waals surface area contributed by atoms with E-state index >= 15 is 0 Å². The van der Waals surface area contributed by atoms with E-state index < -0.39 is 16.5 Å². The lowest BCUT2D eigenvalue weighted by molar-refractivity contribution is -0.384. The molecule has 0 aliphatic rings. The van der Waals surface area contributed by atoms with Crippen LogP contribution in [0.25, 0.3) is 11.0 Å². The van der Waals surface area contributed by atoms with Gasteiger partial charge in [-0.25, -0.2) is 10.2 Å². The van der Waals surface area contributed by atoms with Crippen molar-refractivity contribution in [1.82, 2.24) is 5.43 Å². The van der Waals surface area contributed by atoms with Crippen LogP contribution in [-0.4, -0.2) is 16.5 Å². The summed E-state index contributed by atoms with van der Waals surface area (Å²) in [6.45, 7) is 1.54.